The van der Waals surface area contributed by atoms with Crippen LogP contribution < -0.4 is 28.4 Å². The molecule has 0 aliphatic carbocycles. The molecular weight excluding hydrogens is 1510 g/mol. The molecule has 4 rings (SSSR count). The minimum atomic E-state index is -3.87. The summed E-state index contributed by atoms with van der Waals surface area (Å²) >= 11 is 0. The lowest BCUT2D eigenvalue weighted by Gasteiger charge is -2.18. The van der Waals surface area contributed by atoms with E-state index in [0.29, 0.717) is 85.3 Å². The monoisotopic (exact) mass is 1690 g/mol. The Labute approximate surface area is 748 Å². The van der Waals surface area contributed by atoms with E-state index in [4.69, 9.17) is 28.4 Å². The van der Waals surface area contributed by atoms with Crippen LogP contribution in [0.1, 0.15) is 526 Å². The van der Waals surface area contributed by atoms with E-state index < -0.39 is 9.84 Å². The fourth-order valence-electron chi connectivity index (χ4n) is 16.6. The molecule has 4 aromatic carbocycles. The van der Waals surface area contributed by atoms with Crippen LogP contribution in [-0.2, 0) is 9.84 Å². The summed E-state index contributed by atoms with van der Waals surface area (Å²) in [6.45, 7) is 17.4. The summed E-state index contributed by atoms with van der Waals surface area (Å²) in [5.74, 6) is 17.8. The molecule has 0 unspecified atom stereocenters. The van der Waals surface area contributed by atoms with Gasteiger partial charge in [-0.25, -0.2) is 8.42 Å². The van der Waals surface area contributed by atoms with Crippen LogP contribution in [0.2, 0.25) is 0 Å². The van der Waals surface area contributed by atoms with Crippen LogP contribution in [0.25, 0.3) is 0 Å². The summed E-state index contributed by atoms with van der Waals surface area (Å²) in [5.41, 5.74) is 2.97. The Morgan fingerprint density at radius 2 is 0.322 bits per heavy atom. The minimum Gasteiger partial charge on any atom is -0.490 e. The molecule has 4 aromatic rings. The van der Waals surface area contributed by atoms with Crippen molar-refractivity contribution in [3.8, 4) is 58.2 Å². The van der Waals surface area contributed by atoms with Crippen molar-refractivity contribution < 1.29 is 36.8 Å². The zero-order valence-corrected chi connectivity index (χ0v) is 80.6. The highest BCUT2D eigenvalue weighted by molar-refractivity contribution is 7.91. The summed E-state index contributed by atoms with van der Waals surface area (Å²) < 4.78 is 69.4. The van der Waals surface area contributed by atoms with Crippen molar-refractivity contribution in [1.29, 1.82) is 0 Å². The Balaban J connectivity index is 1.55. The Bertz CT molecular complexity index is 2930. The van der Waals surface area contributed by atoms with Crippen molar-refractivity contribution in [1.82, 2.24) is 0 Å². The number of hydrogen-bond donors (Lipinski definition) is 0. The molecule has 0 atom stereocenters. The molecule has 121 heavy (non-hydrogen) atoms. The Morgan fingerprint density at radius 1 is 0.182 bits per heavy atom. The van der Waals surface area contributed by atoms with E-state index >= 15 is 0 Å². The maximum absolute atomic E-state index is 14.4. The SMILES string of the molecule is CCCCCCCCCCCCCCOc1cc(C#Cc2ccc(S(=O)(=O)c3ccc(C#Cc4cc(OCCCCCCCCCCCCCC)c(OCCCCCCCCCCCCCC)c(OCCCCCCCCCCCCCC)c4)cc3)cc2)cc(OCCCCCCCCCCCCCC)c1OCCCCCCCCCCCCCC. The van der Waals surface area contributed by atoms with Crippen LogP contribution in [0.15, 0.2) is 82.6 Å². The van der Waals surface area contributed by atoms with E-state index in [9.17, 15) is 8.42 Å². The van der Waals surface area contributed by atoms with Crippen molar-refractivity contribution in [2.24, 2.45) is 0 Å². The van der Waals surface area contributed by atoms with E-state index in [-0.39, 0.29) is 9.79 Å². The second-order valence-electron chi connectivity index (χ2n) is 36.1. The zero-order valence-electron chi connectivity index (χ0n) is 79.8. The molecule has 9 heteroatoms. The molecule has 0 saturated heterocycles. The van der Waals surface area contributed by atoms with Gasteiger partial charge in [0.15, 0.2) is 23.0 Å². The number of rotatable bonds is 86. The molecular formula is C112H186O8S. The number of ether oxygens (including phenoxy) is 6. The third-order valence-electron chi connectivity index (χ3n) is 24.6. The molecule has 0 amide bonds. The molecule has 0 bridgehead atoms. The van der Waals surface area contributed by atoms with E-state index in [1.807, 2.05) is 48.5 Å². The lowest BCUT2D eigenvalue weighted by Crippen LogP contribution is -2.07. The predicted molar refractivity (Wildman–Crippen MR) is 523 cm³/mol. The first-order chi connectivity index (χ1) is 59.8. The van der Waals surface area contributed by atoms with Gasteiger partial charge in [-0.3, -0.25) is 0 Å². The summed E-state index contributed by atoms with van der Waals surface area (Å²) in [5, 5.41) is 0. The number of unbranched alkanes of at least 4 members (excludes halogenated alkanes) is 66. The van der Waals surface area contributed by atoms with E-state index in [1.165, 1.54) is 385 Å². The molecule has 688 valence electrons. The fourth-order valence-corrected chi connectivity index (χ4v) is 17.9. The van der Waals surface area contributed by atoms with Crippen LogP contribution >= 0.6 is 0 Å². The highest BCUT2D eigenvalue weighted by Gasteiger charge is 2.21. The summed E-state index contributed by atoms with van der Waals surface area (Å²) in [4.78, 5) is 0.420. The van der Waals surface area contributed by atoms with Crippen LogP contribution in [-0.4, -0.2) is 48.1 Å². The van der Waals surface area contributed by atoms with Gasteiger partial charge in [0.1, 0.15) is 0 Å². The van der Waals surface area contributed by atoms with E-state index in [0.717, 1.165) is 88.2 Å². The minimum absolute atomic E-state index is 0.210. The topological polar surface area (TPSA) is 89.5 Å². The maximum atomic E-state index is 14.4. The standard InChI is InChI=1S/C112H186O8S/c1-7-13-19-25-31-37-43-49-55-61-67-73-91-115-107-97-103(98-108(116-92-74-68-62-56-50-44-38-32-26-20-14-8-2)111(107)119-95-77-71-65-59-53-47-41-35-29-23-17-11-5)81-79-101-83-87-105(88-84-101)121(113,114)106-89-85-102(86-90-106)80-82-104-99-109(117-93-75-69-63-57-51-45-39-33-27-21-15-9-3)112(120-96-78-72-66-60-54-48-42-36-30-24-18-12-6)110(100-104)118-94-76-70-64-58-52-46-40-34-28-22-16-10-4/h83-90,97-100H,7-78,91-96H2,1-6H3. The van der Waals surface area contributed by atoms with Gasteiger partial charge in [0.2, 0.25) is 21.3 Å². The fraction of sp³-hybridized carbons (Fsp3) is 0.750. The van der Waals surface area contributed by atoms with Crippen LogP contribution in [0, 0.1) is 23.7 Å². The summed E-state index contributed by atoms with van der Waals surface area (Å²) in [6, 6.07) is 22.1. The number of sulfone groups is 1. The van der Waals surface area contributed by atoms with Crippen LogP contribution in [0.4, 0.5) is 0 Å². The van der Waals surface area contributed by atoms with Gasteiger partial charge in [-0.05, 0) is 111 Å². The first kappa shape index (κ1) is 108. The van der Waals surface area contributed by atoms with E-state index in [1.54, 1.807) is 24.3 Å². The van der Waals surface area contributed by atoms with Crippen molar-refractivity contribution in [2.45, 2.75) is 514 Å². The summed E-state index contributed by atoms with van der Waals surface area (Å²) in [7, 11) is -3.87. The Kier molecular flexibility index (Phi) is 70.9. The molecule has 0 spiro atoms. The molecule has 0 N–H and O–H groups in total. The largest absolute Gasteiger partial charge is 0.490 e. The highest BCUT2D eigenvalue weighted by atomic mass is 32.2. The van der Waals surface area contributed by atoms with E-state index in [2.05, 4.69) is 65.2 Å². The number of benzene rings is 4. The molecule has 0 aromatic heterocycles. The quantitative estimate of drug-likeness (QED) is 0.0319. The van der Waals surface area contributed by atoms with Gasteiger partial charge in [0.05, 0.1) is 49.4 Å². The second kappa shape index (κ2) is 79.4. The van der Waals surface area contributed by atoms with Gasteiger partial charge in [0, 0.05) is 22.3 Å². The average molecular weight is 1690 g/mol. The Hall–Kier alpha value is -5.25. The smallest absolute Gasteiger partial charge is 0.206 e. The summed E-state index contributed by atoms with van der Waals surface area (Å²) in [6.07, 6.45) is 92.8. The van der Waals surface area contributed by atoms with Crippen molar-refractivity contribution >= 4 is 9.84 Å². The van der Waals surface area contributed by atoms with Crippen molar-refractivity contribution in [3.63, 3.8) is 0 Å². The molecule has 0 saturated carbocycles. The van der Waals surface area contributed by atoms with Crippen LogP contribution in [0.5, 0.6) is 34.5 Å². The zero-order chi connectivity index (χ0) is 86.1. The average Bonchev–Trinajstić information content (AvgIpc) is 0.795. The molecule has 0 aliphatic rings. The van der Waals surface area contributed by atoms with Crippen molar-refractivity contribution in [2.75, 3.05) is 39.6 Å². The third kappa shape index (κ3) is 57.9. The predicted octanol–water partition coefficient (Wildman–Crippen LogP) is 35.8. The van der Waals surface area contributed by atoms with Gasteiger partial charge < -0.3 is 28.4 Å². The molecule has 0 heterocycles. The number of hydrogen-bond acceptors (Lipinski definition) is 8. The molecule has 0 aliphatic heterocycles. The van der Waals surface area contributed by atoms with Gasteiger partial charge in [-0.1, -0.05) is 489 Å². The van der Waals surface area contributed by atoms with Crippen LogP contribution in [0.3, 0.4) is 0 Å². The van der Waals surface area contributed by atoms with Gasteiger partial charge >= 0.3 is 0 Å². The first-order valence-corrected chi connectivity index (χ1v) is 53.9. The third-order valence-corrected chi connectivity index (χ3v) is 26.4. The van der Waals surface area contributed by atoms with Gasteiger partial charge in [-0.2, -0.15) is 0 Å². The maximum Gasteiger partial charge on any atom is 0.206 e. The van der Waals surface area contributed by atoms with Gasteiger partial charge in [0.25, 0.3) is 0 Å². The Morgan fingerprint density at radius 3 is 0.488 bits per heavy atom. The second-order valence-corrected chi connectivity index (χ2v) is 38.0. The normalized spacial score (nSPS) is 11.4. The molecule has 0 radical (unpaired) electrons. The molecule has 8 nitrogen and oxygen atoms in total. The first-order valence-electron chi connectivity index (χ1n) is 52.4. The lowest BCUT2D eigenvalue weighted by atomic mass is 10.1. The van der Waals surface area contributed by atoms with Gasteiger partial charge in [-0.15, -0.1) is 0 Å². The van der Waals surface area contributed by atoms with Crippen molar-refractivity contribution in [3.05, 3.63) is 95.1 Å². The molecule has 0 fully saturated rings. The highest BCUT2D eigenvalue weighted by Crippen LogP contribution is 2.42. The lowest BCUT2D eigenvalue weighted by molar-refractivity contribution is 0.234.